The number of likely N-dealkylation sites (N-methyl/N-ethyl adjacent to an activating group) is 2. The lowest BCUT2D eigenvalue weighted by Gasteiger charge is -2.23. The van der Waals surface area contributed by atoms with Crippen molar-refractivity contribution >= 4 is 6.29 Å². The second kappa shape index (κ2) is 43.6. The van der Waals surface area contributed by atoms with Gasteiger partial charge in [-0.2, -0.15) is 0 Å². The van der Waals surface area contributed by atoms with Gasteiger partial charge >= 0.3 is 0 Å². The summed E-state index contributed by atoms with van der Waals surface area (Å²) in [5.74, 6) is 0. The largest absolute Gasteiger partial charge is 0.395 e. The Morgan fingerprint density at radius 3 is 1.33 bits per heavy atom. The monoisotopic (exact) mass is 617 g/mol. The first-order chi connectivity index (χ1) is 20.9. The maximum Gasteiger partial charge on any atom is 0.119 e. The van der Waals surface area contributed by atoms with Gasteiger partial charge in [0.25, 0.3) is 0 Å². The molecule has 0 spiro atoms. The molecule has 0 aliphatic carbocycles. The molecule has 0 aliphatic heterocycles. The summed E-state index contributed by atoms with van der Waals surface area (Å²) in [7, 11) is 8.27. The van der Waals surface area contributed by atoms with Crippen molar-refractivity contribution in [2.45, 2.75) is 142 Å². The summed E-state index contributed by atoms with van der Waals surface area (Å²) in [6, 6.07) is 0. The van der Waals surface area contributed by atoms with Gasteiger partial charge in [-0.3, -0.25) is 4.90 Å². The third kappa shape index (κ3) is 51.3. The summed E-state index contributed by atoms with van der Waals surface area (Å²) in [5.41, 5.74) is 0. The minimum atomic E-state index is 0.230. The molecule has 262 valence electrons. The number of aliphatic hydroxyl groups excluding tert-OH is 2. The zero-order valence-corrected chi connectivity index (χ0v) is 30.2. The lowest BCUT2D eigenvalue weighted by Crippen LogP contribution is -2.34. The lowest BCUT2D eigenvalue weighted by atomic mass is 10.1. The van der Waals surface area contributed by atoms with Crippen LogP contribution in [0.4, 0.5) is 0 Å². The number of nitrogens with one attached hydrogen (secondary N) is 1. The number of unbranched alkanes of at least 4 members (excludes halogenated alkanes) is 18. The normalized spacial score (nSPS) is 11.0. The molecule has 0 bridgehead atoms. The molecule has 3 N–H and O–H groups in total. The first kappa shape index (κ1) is 46.8. The number of aldehydes is 1. The van der Waals surface area contributed by atoms with Crippen LogP contribution in [0.25, 0.3) is 0 Å². The topological polar surface area (TPSA) is 79.3 Å². The van der Waals surface area contributed by atoms with Gasteiger partial charge in [0.2, 0.25) is 0 Å². The molecule has 0 radical (unpaired) electrons. The zero-order valence-electron chi connectivity index (χ0n) is 30.2. The van der Waals surface area contributed by atoms with E-state index in [4.69, 9.17) is 10.2 Å². The smallest absolute Gasteiger partial charge is 0.119 e. The van der Waals surface area contributed by atoms with E-state index in [1.54, 1.807) is 0 Å². The van der Waals surface area contributed by atoms with E-state index in [0.29, 0.717) is 6.54 Å². The summed E-state index contributed by atoms with van der Waals surface area (Å²) >= 11 is 0. The Bertz CT molecular complexity index is 481. The van der Waals surface area contributed by atoms with E-state index in [2.05, 4.69) is 48.0 Å². The molecule has 0 heterocycles. The van der Waals surface area contributed by atoms with Crippen LogP contribution in [0, 0.1) is 0 Å². The minimum absolute atomic E-state index is 0.230. The van der Waals surface area contributed by atoms with E-state index in [1.807, 2.05) is 14.1 Å². The molecule has 43 heavy (non-hydrogen) atoms. The summed E-state index contributed by atoms with van der Waals surface area (Å²) in [5, 5.41) is 20.5. The van der Waals surface area contributed by atoms with Crippen LogP contribution in [-0.2, 0) is 4.79 Å². The average Bonchev–Trinajstić information content (AvgIpc) is 2.98. The highest BCUT2D eigenvalue weighted by Crippen LogP contribution is 2.11. The van der Waals surface area contributed by atoms with Gasteiger partial charge in [0.1, 0.15) is 6.29 Å². The summed E-state index contributed by atoms with van der Waals surface area (Å²) in [4.78, 5) is 16.7. The molecule has 7 heteroatoms. The molecule has 0 aromatic rings. The van der Waals surface area contributed by atoms with Gasteiger partial charge in [-0.05, 0) is 47.6 Å². The fourth-order valence-corrected chi connectivity index (χ4v) is 4.69. The molecule has 0 fully saturated rings. The highest BCUT2D eigenvalue weighted by molar-refractivity contribution is 5.48. The Kier molecular flexibility index (Phi) is 47.5. The number of hydrogen-bond donors (Lipinski definition) is 3. The second-order valence-corrected chi connectivity index (χ2v) is 12.6. The van der Waals surface area contributed by atoms with Crippen molar-refractivity contribution in [3.8, 4) is 0 Å². The summed E-state index contributed by atoms with van der Waals surface area (Å²) < 4.78 is 0. The highest BCUT2D eigenvalue weighted by Gasteiger charge is 2.04. The van der Waals surface area contributed by atoms with Crippen molar-refractivity contribution in [2.24, 2.45) is 0 Å². The number of nitrogens with zero attached hydrogens (tertiary/aromatic N) is 3. The highest BCUT2D eigenvalue weighted by atomic mass is 16.3. The van der Waals surface area contributed by atoms with Gasteiger partial charge in [-0.25, -0.2) is 0 Å². The average molecular weight is 617 g/mol. The van der Waals surface area contributed by atoms with Gasteiger partial charge in [0.15, 0.2) is 0 Å². The van der Waals surface area contributed by atoms with Crippen LogP contribution in [-0.4, -0.2) is 118 Å². The molecule has 0 rings (SSSR count). The number of carbonyl (C=O) groups excluding carboxylic acids is 1. The Morgan fingerprint density at radius 1 is 0.488 bits per heavy atom. The van der Waals surface area contributed by atoms with Gasteiger partial charge in [-0.1, -0.05) is 123 Å². The number of carbonyl (C=O) groups is 1. The molecule has 0 aromatic heterocycles. The van der Waals surface area contributed by atoms with E-state index in [9.17, 15) is 4.79 Å². The third-order valence-electron chi connectivity index (χ3n) is 7.56. The second-order valence-electron chi connectivity index (χ2n) is 12.6. The van der Waals surface area contributed by atoms with Gasteiger partial charge < -0.3 is 30.1 Å². The Labute approximate surface area is 270 Å². The fraction of sp³-hybridized carbons (Fsp3) is 0.972. The lowest BCUT2D eigenvalue weighted by molar-refractivity contribution is -0.107. The van der Waals surface area contributed by atoms with E-state index in [-0.39, 0.29) is 13.2 Å². The van der Waals surface area contributed by atoms with Crippen LogP contribution in [0.2, 0.25) is 0 Å². The minimum Gasteiger partial charge on any atom is -0.395 e. The molecule has 0 aliphatic rings. The Balaban J connectivity index is -0.000000618. The third-order valence-corrected chi connectivity index (χ3v) is 7.56. The van der Waals surface area contributed by atoms with Crippen molar-refractivity contribution in [3.05, 3.63) is 0 Å². The van der Waals surface area contributed by atoms with E-state index < -0.39 is 0 Å². The molecular formula is C36H80N4O3. The summed E-state index contributed by atoms with van der Waals surface area (Å²) in [6.45, 7) is 11.8. The van der Waals surface area contributed by atoms with Crippen LogP contribution < -0.4 is 5.32 Å². The molecule has 0 atom stereocenters. The molecule has 0 saturated heterocycles. The molecular weight excluding hydrogens is 536 g/mol. The maximum atomic E-state index is 10.0. The molecule has 0 amide bonds. The van der Waals surface area contributed by atoms with Crippen molar-refractivity contribution in [3.63, 3.8) is 0 Å². The van der Waals surface area contributed by atoms with Gasteiger partial charge in [0, 0.05) is 45.7 Å². The van der Waals surface area contributed by atoms with Crippen LogP contribution in [0.1, 0.15) is 142 Å². The van der Waals surface area contributed by atoms with Crippen LogP contribution in [0.3, 0.4) is 0 Å². The maximum absolute atomic E-state index is 10.0. The first-order valence-electron chi connectivity index (χ1n) is 18.3. The van der Waals surface area contributed by atoms with Crippen LogP contribution in [0.5, 0.6) is 0 Å². The van der Waals surface area contributed by atoms with Gasteiger partial charge in [0.05, 0.1) is 13.2 Å². The van der Waals surface area contributed by atoms with Gasteiger partial charge in [-0.15, -0.1) is 0 Å². The first-order valence-corrected chi connectivity index (χ1v) is 18.3. The molecule has 0 saturated carbocycles. The van der Waals surface area contributed by atoms with Crippen molar-refractivity contribution in [2.75, 3.05) is 87.2 Å². The SMILES string of the molecule is CCCCCCCCCCCC=O.CCCCCCCCCCCCN(CCO)CCN(C)C.CN(C)CCNCCO. The molecule has 7 nitrogen and oxygen atoms in total. The van der Waals surface area contributed by atoms with Crippen molar-refractivity contribution < 1.29 is 15.0 Å². The fourth-order valence-electron chi connectivity index (χ4n) is 4.69. The quantitative estimate of drug-likeness (QED) is 0.0572. The van der Waals surface area contributed by atoms with Crippen LogP contribution >= 0.6 is 0 Å². The molecule has 0 unspecified atom stereocenters. The summed E-state index contributed by atoms with van der Waals surface area (Å²) in [6.07, 6.45) is 27.6. The predicted octanol–water partition coefficient (Wildman–Crippen LogP) is 7.00. The van der Waals surface area contributed by atoms with Crippen LogP contribution in [0.15, 0.2) is 0 Å². The number of aliphatic hydroxyl groups is 2. The van der Waals surface area contributed by atoms with Crippen molar-refractivity contribution in [1.82, 2.24) is 20.0 Å². The standard InChI is InChI=1S/C18H40N2O.C12H24O.C6H16N2O/c1-4-5-6-7-8-9-10-11-12-13-14-20(17-18-21)16-15-19(2)3;1-2-3-4-5-6-7-8-9-10-11-12-13;1-8(2)5-3-7-4-6-9/h21H,4-18H2,1-3H3;12H,2-11H2,1H3;7,9H,3-6H2,1-2H3. The van der Waals surface area contributed by atoms with Crippen molar-refractivity contribution in [1.29, 1.82) is 0 Å². The van der Waals surface area contributed by atoms with E-state index in [1.165, 1.54) is 116 Å². The Morgan fingerprint density at radius 2 is 0.930 bits per heavy atom. The Hall–Kier alpha value is -0.570. The predicted molar refractivity (Wildman–Crippen MR) is 190 cm³/mol. The molecule has 0 aromatic carbocycles. The van der Waals surface area contributed by atoms with E-state index >= 15 is 0 Å². The number of hydrogen-bond acceptors (Lipinski definition) is 7. The number of rotatable bonds is 31. The van der Waals surface area contributed by atoms with E-state index in [0.717, 1.165) is 58.4 Å². The zero-order chi connectivity index (χ0) is 32.7.